The molecule has 110 valence electrons. The van der Waals surface area contributed by atoms with Crippen LogP contribution in [-0.4, -0.2) is 45.9 Å². The lowest BCUT2D eigenvalue weighted by Crippen LogP contribution is -2.35. The number of amides is 1. The number of likely N-dealkylation sites (tertiary alicyclic amines) is 1. The van der Waals surface area contributed by atoms with Crippen LogP contribution in [0.5, 0.6) is 0 Å². The zero-order chi connectivity index (χ0) is 14.9. The molecular formula is C14H19BrN2O3. The van der Waals surface area contributed by atoms with E-state index in [0.717, 1.165) is 10.2 Å². The third-order valence-electron chi connectivity index (χ3n) is 3.07. The molecule has 0 aromatic carbocycles. The van der Waals surface area contributed by atoms with Gasteiger partial charge >= 0.3 is 6.09 Å². The fourth-order valence-corrected chi connectivity index (χ4v) is 2.39. The van der Waals surface area contributed by atoms with E-state index in [9.17, 15) is 9.90 Å². The molecule has 1 aliphatic rings. The van der Waals surface area contributed by atoms with Crippen LogP contribution in [0.25, 0.3) is 0 Å². The van der Waals surface area contributed by atoms with Crippen LogP contribution in [0.15, 0.2) is 22.8 Å². The van der Waals surface area contributed by atoms with Crippen LogP contribution in [0, 0.1) is 0 Å². The third kappa shape index (κ3) is 3.70. The molecule has 2 heterocycles. The molecule has 0 radical (unpaired) electrons. The van der Waals surface area contributed by atoms with Gasteiger partial charge in [0.05, 0.1) is 12.6 Å². The molecular weight excluding hydrogens is 324 g/mol. The van der Waals surface area contributed by atoms with Gasteiger partial charge in [0.2, 0.25) is 0 Å². The van der Waals surface area contributed by atoms with Gasteiger partial charge in [0, 0.05) is 28.8 Å². The number of β-amino-alcohol motifs (C(OH)–C–C–N with tert-alkyl or cyclic N) is 1. The number of pyridine rings is 1. The van der Waals surface area contributed by atoms with Crippen molar-refractivity contribution in [1.29, 1.82) is 0 Å². The summed E-state index contributed by atoms with van der Waals surface area (Å²) < 4.78 is 6.21. The lowest BCUT2D eigenvalue weighted by molar-refractivity contribution is 0.0270. The van der Waals surface area contributed by atoms with E-state index in [2.05, 4.69) is 20.9 Å². The van der Waals surface area contributed by atoms with Crippen molar-refractivity contribution in [2.45, 2.75) is 38.4 Å². The minimum absolute atomic E-state index is 0.171. The summed E-state index contributed by atoms with van der Waals surface area (Å²) in [6, 6.07) is 3.74. The first-order valence-corrected chi connectivity index (χ1v) is 7.33. The van der Waals surface area contributed by atoms with Crippen molar-refractivity contribution in [1.82, 2.24) is 9.88 Å². The summed E-state index contributed by atoms with van der Waals surface area (Å²) in [4.78, 5) is 17.8. The normalized spacial score (nSPS) is 22.9. The predicted molar refractivity (Wildman–Crippen MR) is 78.5 cm³/mol. The van der Waals surface area contributed by atoms with E-state index in [1.807, 2.05) is 32.9 Å². The number of carbonyl (C=O) groups is 1. The molecule has 0 bridgehead atoms. The predicted octanol–water partition coefficient (Wildman–Crippen LogP) is 2.54. The molecule has 1 aromatic heterocycles. The molecule has 0 spiro atoms. The fraction of sp³-hybridized carbons (Fsp3) is 0.571. The highest BCUT2D eigenvalue weighted by molar-refractivity contribution is 9.10. The number of halogens is 1. The van der Waals surface area contributed by atoms with Crippen LogP contribution in [0.3, 0.4) is 0 Å². The highest BCUT2D eigenvalue weighted by atomic mass is 79.9. The van der Waals surface area contributed by atoms with Gasteiger partial charge in [-0.1, -0.05) is 0 Å². The van der Waals surface area contributed by atoms with Crippen molar-refractivity contribution in [2.24, 2.45) is 0 Å². The minimum atomic E-state index is -0.615. The van der Waals surface area contributed by atoms with Gasteiger partial charge in [0.25, 0.3) is 0 Å². The summed E-state index contributed by atoms with van der Waals surface area (Å²) in [7, 11) is 0. The van der Waals surface area contributed by atoms with Crippen molar-refractivity contribution < 1.29 is 14.6 Å². The van der Waals surface area contributed by atoms with Gasteiger partial charge in [-0.3, -0.25) is 4.98 Å². The maximum absolute atomic E-state index is 12.0. The number of nitrogens with zero attached hydrogens (tertiary/aromatic N) is 2. The Hall–Kier alpha value is -1.14. The van der Waals surface area contributed by atoms with E-state index in [1.165, 1.54) is 4.90 Å². The number of rotatable bonds is 1. The van der Waals surface area contributed by atoms with Gasteiger partial charge < -0.3 is 14.7 Å². The molecule has 2 rings (SSSR count). The second kappa shape index (κ2) is 5.69. The SMILES string of the molecule is CC(C)(C)OC(=O)N1CC(O)C(c2ccc(Br)cn2)C1. The highest BCUT2D eigenvalue weighted by Crippen LogP contribution is 2.28. The average molecular weight is 343 g/mol. The lowest BCUT2D eigenvalue weighted by atomic mass is 10.0. The summed E-state index contributed by atoms with van der Waals surface area (Å²) in [6.45, 7) is 6.17. The van der Waals surface area contributed by atoms with Gasteiger partial charge in [-0.25, -0.2) is 4.79 Å². The molecule has 2 atom stereocenters. The molecule has 20 heavy (non-hydrogen) atoms. The van der Waals surface area contributed by atoms with E-state index in [4.69, 9.17) is 4.74 Å². The smallest absolute Gasteiger partial charge is 0.410 e. The molecule has 1 saturated heterocycles. The Morgan fingerprint density at radius 2 is 2.15 bits per heavy atom. The number of aliphatic hydroxyl groups is 1. The Morgan fingerprint density at radius 3 is 2.70 bits per heavy atom. The number of hydrogen-bond acceptors (Lipinski definition) is 4. The van der Waals surface area contributed by atoms with Crippen molar-refractivity contribution in [3.8, 4) is 0 Å². The van der Waals surface area contributed by atoms with Gasteiger partial charge in [-0.2, -0.15) is 0 Å². The Balaban J connectivity index is 2.05. The van der Waals surface area contributed by atoms with Gasteiger partial charge in [-0.15, -0.1) is 0 Å². The standard InChI is InChI=1S/C14H19BrN2O3/c1-14(2,3)20-13(19)17-7-10(12(18)8-17)11-5-4-9(15)6-16-11/h4-6,10,12,18H,7-8H2,1-3H3. The Morgan fingerprint density at radius 1 is 1.45 bits per heavy atom. The van der Waals surface area contributed by atoms with Crippen LogP contribution in [0.4, 0.5) is 4.79 Å². The average Bonchev–Trinajstić information content (AvgIpc) is 2.70. The maximum Gasteiger partial charge on any atom is 0.410 e. The van der Waals surface area contributed by atoms with Crippen molar-refractivity contribution in [2.75, 3.05) is 13.1 Å². The Labute approximate surface area is 127 Å². The number of hydrogen-bond donors (Lipinski definition) is 1. The van der Waals surface area contributed by atoms with Crippen molar-refractivity contribution in [3.05, 3.63) is 28.5 Å². The maximum atomic E-state index is 12.0. The second-order valence-corrected chi connectivity index (χ2v) is 6.88. The zero-order valence-electron chi connectivity index (χ0n) is 11.8. The molecule has 6 heteroatoms. The molecule has 5 nitrogen and oxygen atoms in total. The fourth-order valence-electron chi connectivity index (χ4n) is 2.16. The Bertz CT molecular complexity index is 484. The summed E-state index contributed by atoms with van der Waals surface area (Å²) in [5.74, 6) is -0.171. The zero-order valence-corrected chi connectivity index (χ0v) is 13.4. The van der Waals surface area contributed by atoms with E-state index in [-0.39, 0.29) is 12.5 Å². The molecule has 1 fully saturated rings. The largest absolute Gasteiger partial charge is 0.444 e. The van der Waals surface area contributed by atoms with E-state index in [0.29, 0.717) is 6.54 Å². The first-order valence-electron chi connectivity index (χ1n) is 6.54. The number of carbonyl (C=O) groups excluding carboxylic acids is 1. The van der Waals surface area contributed by atoms with Gasteiger partial charge in [0.1, 0.15) is 5.60 Å². The van der Waals surface area contributed by atoms with Crippen LogP contribution in [0.1, 0.15) is 32.4 Å². The van der Waals surface area contributed by atoms with E-state index >= 15 is 0 Å². The van der Waals surface area contributed by atoms with Crippen LogP contribution in [0.2, 0.25) is 0 Å². The van der Waals surface area contributed by atoms with E-state index < -0.39 is 17.8 Å². The van der Waals surface area contributed by atoms with Gasteiger partial charge in [0.15, 0.2) is 0 Å². The number of ether oxygens (including phenoxy) is 1. The van der Waals surface area contributed by atoms with Crippen LogP contribution >= 0.6 is 15.9 Å². The molecule has 0 saturated carbocycles. The van der Waals surface area contributed by atoms with Gasteiger partial charge in [-0.05, 0) is 48.8 Å². The summed E-state index contributed by atoms with van der Waals surface area (Å²) in [5.41, 5.74) is 0.252. The molecule has 1 aromatic rings. The minimum Gasteiger partial charge on any atom is -0.444 e. The van der Waals surface area contributed by atoms with Crippen LogP contribution in [-0.2, 0) is 4.74 Å². The summed E-state index contributed by atoms with van der Waals surface area (Å²) >= 11 is 3.33. The second-order valence-electron chi connectivity index (χ2n) is 5.96. The third-order valence-corrected chi connectivity index (χ3v) is 3.54. The number of aliphatic hydroxyl groups excluding tert-OH is 1. The van der Waals surface area contributed by atoms with Crippen molar-refractivity contribution >= 4 is 22.0 Å². The number of aromatic nitrogens is 1. The summed E-state index contributed by atoms with van der Waals surface area (Å²) in [6.07, 6.45) is 0.686. The topological polar surface area (TPSA) is 62.7 Å². The Kier molecular flexibility index (Phi) is 4.34. The lowest BCUT2D eigenvalue weighted by Gasteiger charge is -2.24. The highest BCUT2D eigenvalue weighted by Gasteiger charge is 2.37. The quantitative estimate of drug-likeness (QED) is 0.851. The molecule has 1 amide bonds. The molecule has 0 aliphatic carbocycles. The molecule has 2 unspecified atom stereocenters. The van der Waals surface area contributed by atoms with Crippen LogP contribution < -0.4 is 0 Å². The van der Waals surface area contributed by atoms with Crippen molar-refractivity contribution in [3.63, 3.8) is 0 Å². The summed E-state index contributed by atoms with van der Waals surface area (Å²) in [5, 5.41) is 10.1. The van der Waals surface area contributed by atoms with E-state index in [1.54, 1.807) is 6.20 Å². The molecule has 1 aliphatic heterocycles. The molecule has 1 N–H and O–H groups in total. The monoisotopic (exact) mass is 342 g/mol. The first-order chi connectivity index (χ1) is 9.26. The first kappa shape index (κ1) is 15.3.